The van der Waals surface area contributed by atoms with Gasteiger partial charge in [-0.05, 0) is 5.56 Å². The van der Waals surface area contributed by atoms with Crippen LogP contribution in [0.5, 0.6) is 0 Å². The van der Waals surface area contributed by atoms with E-state index in [0.29, 0.717) is 18.5 Å². The lowest BCUT2D eigenvalue weighted by Gasteiger charge is -2.37. The van der Waals surface area contributed by atoms with Crippen molar-refractivity contribution >= 4 is 11.6 Å². The van der Waals surface area contributed by atoms with Gasteiger partial charge in [0, 0.05) is 69.8 Å². The van der Waals surface area contributed by atoms with Crippen LogP contribution in [0.1, 0.15) is 31.7 Å². The number of aliphatic hydroxyl groups is 1. The molecule has 0 aromatic heterocycles. The molecule has 1 aliphatic carbocycles. The third kappa shape index (κ3) is 5.13. The van der Waals surface area contributed by atoms with Gasteiger partial charge in [-0.15, -0.1) is 0 Å². The highest BCUT2D eigenvalue weighted by atomic mass is 16.3. The molecule has 2 N–H and O–H groups in total. The van der Waals surface area contributed by atoms with E-state index in [-0.39, 0.29) is 24.1 Å². The summed E-state index contributed by atoms with van der Waals surface area (Å²) >= 11 is 0. The summed E-state index contributed by atoms with van der Waals surface area (Å²) in [7, 11) is 0. The van der Waals surface area contributed by atoms with Gasteiger partial charge in [-0.3, -0.25) is 19.4 Å². The highest BCUT2D eigenvalue weighted by Gasteiger charge is 2.46. The van der Waals surface area contributed by atoms with Crippen molar-refractivity contribution in [1.29, 1.82) is 0 Å². The van der Waals surface area contributed by atoms with E-state index >= 15 is 0 Å². The summed E-state index contributed by atoms with van der Waals surface area (Å²) in [6.07, 6.45) is 2.00. The van der Waals surface area contributed by atoms with Crippen LogP contribution in [0, 0.1) is 5.41 Å². The molecule has 6 heteroatoms. The van der Waals surface area contributed by atoms with Crippen molar-refractivity contribution in [1.82, 2.24) is 15.1 Å². The highest BCUT2D eigenvalue weighted by Crippen LogP contribution is 2.44. The molecule has 1 aromatic carbocycles. The average molecular weight is 400 g/mol. The normalized spacial score (nSPS) is 24.8. The van der Waals surface area contributed by atoms with Gasteiger partial charge < -0.3 is 10.4 Å². The molecular formula is C23H33N3O3. The van der Waals surface area contributed by atoms with Gasteiger partial charge in [-0.1, -0.05) is 44.2 Å². The van der Waals surface area contributed by atoms with Gasteiger partial charge in [0.1, 0.15) is 0 Å². The molecule has 6 nitrogen and oxygen atoms in total. The van der Waals surface area contributed by atoms with Crippen molar-refractivity contribution in [3.63, 3.8) is 0 Å². The van der Waals surface area contributed by atoms with E-state index in [0.717, 1.165) is 44.8 Å². The minimum absolute atomic E-state index is 0.0757. The number of carbonyl (C=O) groups excluding carboxylic acids is 2. The summed E-state index contributed by atoms with van der Waals surface area (Å²) in [6, 6.07) is 9.86. The number of ketones is 2. The maximum absolute atomic E-state index is 13.1. The molecule has 0 spiro atoms. The summed E-state index contributed by atoms with van der Waals surface area (Å²) in [6.45, 7) is 10.3. The largest absolute Gasteiger partial charge is 0.395 e. The molecule has 2 fully saturated rings. The summed E-state index contributed by atoms with van der Waals surface area (Å²) in [5, 5.41) is 12.2. The SMILES string of the molecule is CC1(C)C(=O)C(=CNCCN2CCN(CCO)CC2)C(=O)CC1c1ccccc1. The van der Waals surface area contributed by atoms with Crippen molar-refractivity contribution in [2.75, 3.05) is 52.4 Å². The number of β-amino-alcohol motifs (C(OH)–C–C–N with tert-alkyl or cyclic N) is 1. The van der Waals surface area contributed by atoms with E-state index in [1.807, 2.05) is 44.2 Å². The Hall–Kier alpha value is -2.02. The van der Waals surface area contributed by atoms with Gasteiger partial charge >= 0.3 is 0 Å². The smallest absolute Gasteiger partial charge is 0.174 e. The van der Waals surface area contributed by atoms with Crippen molar-refractivity contribution in [2.24, 2.45) is 5.41 Å². The average Bonchev–Trinajstić information content (AvgIpc) is 2.72. The highest BCUT2D eigenvalue weighted by molar-refractivity contribution is 6.24. The van der Waals surface area contributed by atoms with E-state index in [9.17, 15) is 9.59 Å². The standard InChI is InChI=1S/C23H33N3O3/c1-23(2)20(18-6-4-3-5-7-18)16-21(28)19(22(23)29)17-24-8-9-25-10-12-26(13-11-25)14-15-27/h3-7,17,20,24,27H,8-16H2,1-2H3. The quantitative estimate of drug-likeness (QED) is 0.411. The second-order valence-corrected chi connectivity index (χ2v) is 8.56. The molecule has 1 aliphatic heterocycles. The van der Waals surface area contributed by atoms with Gasteiger partial charge in [0.15, 0.2) is 11.6 Å². The van der Waals surface area contributed by atoms with Crippen molar-refractivity contribution < 1.29 is 14.7 Å². The zero-order chi connectivity index (χ0) is 20.9. The Morgan fingerprint density at radius 1 is 1.07 bits per heavy atom. The number of carbonyl (C=O) groups is 2. The van der Waals surface area contributed by atoms with Crippen LogP contribution in [0.15, 0.2) is 42.1 Å². The Labute approximate surface area is 173 Å². The molecule has 3 rings (SSSR count). The molecule has 0 amide bonds. The summed E-state index contributed by atoms with van der Waals surface area (Å²) in [4.78, 5) is 30.4. The second kappa shape index (κ2) is 9.65. The van der Waals surface area contributed by atoms with Gasteiger partial charge in [0.05, 0.1) is 12.2 Å². The van der Waals surface area contributed by atoms with Crippen LogP contribution in [-0.4, -0.2) is 78.9 Å². The molecule has 1 atom stereocenters. The van der Waals surface area contributed by atoms with Crippen LogP contribution in [0.3, 0.4) is 0 Å². The lowest BCUT2D eigenvalue weighted by Crippen LogP contribution is -2.48. The first kappa shape index (κ1) is 21.7. The Bertz CT molecular complexity index is 737. The summed E-state index contributed by atoms with van der Waals surface area (Å²) in [5.41, 5.74) is 0.743. The van der Waals surface area contributed by atoms with Crippen LogP contribution >= 0.6 is 0 Å². The summed E-state index contributed by atoms with van der Waals surface area (Å²) < 4.78 is 0. The molecule has 1 saturated heterocycles. The van der Waals surface area contributed by atoms with Crippen LogP contribution in [0.2, 0.25) is 0 Å². The minimum atomic E-state index is -0.605. The van der Waals surface area contributed by atoms with Gasteiger partial charge in [-0.25, -0.2) is 0 Å². The third-order valence-electron chi connectivity index (χ3n) is 6.29. The minimum Gasteiger partial charge on any atom is -0.395 e. The molecule has 0 radical (unpaired) electrons. The molecule has 29 heavy (non-hydrogen) atoms. The first-order chi connectivity index (χ1) is 13.9. The fraction of sp³-hybridized carbons (Fsp3) is 0.565. The third-order valence-corrected chi connectivity index (χ3v) is 6.29. The number of aliphatic hydroxyl groups excluding tert-OH is 1. The number of Topliss-reactive ketones (excluding diaryl/α,β-unsaturated/α-hetero) is 2. The molecule has 2 aliphatic rings. The van der Waals surface area contributed by atoms with E-state index in [1.54, 1.807) is 6.20 Å². The monoisotopic (exact) mass is 399 g/mol. The molecule has 0 bridgehead atoms. The van der Waals surface area contributed by atoms with Gasteiger partial charge in [0.25, 0.3) is 0 Å². The van der Waals surface area contributed by atoms with Crippen LogP contribution in [0.25, 0.3) is 0 Å². The van der Waals surface area contributed by atoms with Gasteiger partial charge in [0.2, 0.25) is 0 Å². The molecule has 1 heterocycles. The zero-order valence-corrected chi connectivity index (χ0v) is 17.6. The lowest BCUT2D eigenvalue weighted by atomic mass is 9.63. The van der Waals surface area contributed by atoms with E-state index < -0.39 is 5.41 Å². The van der Waals surface area contributed by atoms with Crippen LogP contribution < -0.4 is 5.32 Å². The number of allylic oxidation sites excluding steroid dienone is 1. The molecule has 1 unspecified atom stereocenters. The fourth-order valence-corrected chi connectivity index (χ4v) is 4.32. The molecule has 1 aromatic rings. The number of nitrogens with zero attached hydrogens (tertiary/aromatic N) is 2. The predicted molar refractivity (Wildman–Crippen MR) is 114 cm³/mol. The number of hydrogen-bond acceptors (Lipinski definition) is 6. The summed E-state index contributed by atoms with van der Waals surface area (Å²) in [5.74, 6) is -0.239. The van der Waals surface area contributed by atoms with Gasteiger partial charge in [-0.2, -0.15) is 0 Å². The van der Waals surface area contributed by atoms with E-state index in [2.05, 4.69) is 15.1 Å². The maximum Gasteiger partial charge on any atom is 0.174 e. The number of hydrogen-bond donors (Lipinski definition) is 2. The number of benzene rings is 1. The van der Waals surface area contributed by atoms with Crippen molar-refractivity contribution in [3.8, 4) is 0 Å². The van der Waals surface area contributed by atoms with E-state index in [4.69, 9.17) is 5.11 Å². The Morgan fingerprint density at radius 2 is 1.69 bits per heavy atom. The van der Waals surface area contributed by atoms with E-state index in [1.165, 1.54) is 0 Å². The zero-order valence-electron chi connectivity index (χ0n) is 17.6. The topological polar surface area (TPSA) is 72.9 Å². The molecule has 158 valence electrons. The number of piperazine rings is 1. The number of nitrogens with one attached hydrogen (secondary N) is 1. The first-order valence-electron chi connectivity index (χ1n) is 10.6. The Kier molecular flexibility index (Phi) is 7.22. The van der Waals surface area contributed by atoms with Crippen molar-refractivity contribution in [3.05, 3.63) is 47.7 Å². The lowest BCUT2D eigenvalue weighted by molar-refractivity contribution is -0.131. The Morgan fingerprint density at radius 3 is 2.31 bits per heavy atom. The van der Waals surface area contributed by atoms with Crippen molar-refractivity contribution in [2.45, 2.75) is 26.2 Å². The van der Waals surface area contributed by atoms with Crippen LogP contribution in [0.4, 0.5) is 0 Å². The second-order valence-electron chi connectivity index (χ2n) is 8.56. The fourth-order valence-electron chi connectivity index (χ4n) is 4.32. The first-order valence-corrected chi connectivity index (χ1v) is 10.6. The number of rotatable bonds is 7. The Balaban J connectivity index is 1.54. The molecule has 1 saturated carbocycles. The van der Waals surface area contributed by atoms with Crippen LogP contribution in [-0.2, 0) is 9.59 Å². The predicted octanol–water partition coefficient (Wildman–Crippen LogP) is 1.42. The maximum atomic E-state index is 13.1. The molecular weight excluding hydrogens is 366 g/mol.